The van der Waals surface area contributed by atoms with E-state index < -0.39 is 27.9 Å². The molecule has 0 saturated carbocycles. The number of nitrogens with one attached hydrogen (secondary N) is 2. The van der Waals surface area contributed by atoms with E-state index in [9.17, 15) is 17.6 Å². The van der Waals surface area contributed by atoms with E-state index in [1.54, 1.807) is 6.92 Å². The molecule has 0 amide bonds. The minimum absolute atomic E-state index is 0.229. The van der Waals surface area contributed by atoms with Gasteiger partial charge < -0.3 is 10.4 Å². The Morgan fingerprint density at radius 1 is 1.47 bits per heavy atom. The Morgan fingerprint density at radius 2 is 2.11 bits per heavy atom. The standard InChI is InChI=1S/C11H15FN2O4S/c1-3-9(11(15)16)13-7-4-5-8(12)10(6-7)14-19(2,17)18/h4-6,9,13-14H,3H2,1-2H3,(H,15,16). The second kappa shape index (κ2) is 5.87. The van der Waals surface area contributed by atoms with E-state index in [0.29, 0.717) is 12.1 Å². The van der Waals surface area contributed by atoms with Crippen LogP contribution in [0.5, 0.6) is 0 Å². The number of hydrogen-bond acceptors (Lipinski definition) is 4. The zero-order chi connectivity index (χ0) is 14.6. The molecule has 3 N–H and O–H groups in total. The van der Waals surface area contributed by atoms with Gasteiger partial charge in [-0.05, 0) is 24.6 Å². The fourth-order valence-electron chi connectivity index (χ4n) is 1.43. The topological polar surface area (TPSA) is 95.5 Å². The van der Waals surface area contributed by atoms with Crippen molar-refractivity contribution in [1.29, 1.82) is 0 Å². The first kappa shape index (κ1) is 15.2. The van der Waals surface area contributed by atoms with Gasteiger partial charge in [0.05, 0.1) is 11.9 Å². The van der Waals surface area contributed by atoms with Crippen molar-refractivity contribution in [2.75, 3.05) is 16.3 Å². The molecule has 1 unspecified atom stereocenters. The highest BCUT2D eigenvalue weighted by molar-refractivity contribution is 7.92. The highest BCUT2D eigenvalue weighted by Gasteiger charge is 2.15. The number of aliphatic carboxylic acids is 1. The Bertz CT molecular complexity index is 574. The monoisotopic (exact) mass is 290 g/mol. The van der Waals surface area contributed by atoms with Crippen LogP contribution in [0.1, 0.15) is 13.3 Å². The average molecular weight is 290 g/mol. The molecular weight excluding hydrogens is 275 g/mol. The summed E-state index contributed by atoms with van der Waals surface area (Å²) in [7, 11) is -3.60. The Hall–Kier alpha value is -1.83. The molecular formula is C11H15FN2O4S. The summed E-state index contributed by atoms with van der Waals surface area (Å²) in [5.41, 5.74) is 0.0922. The van der Waals surface area contributed by atoms with E-state index in [1.807, 2.05) is 4.72 Å². The van der Waals surface area contributed by atoms with E-state index in [1.165, 1.54) is 12.1 Å². The van der Waals surface area contributed by atoms with Crippen LogP contribution in [0.4, 0.5) is 15.8 Å². The van der Waals surface area contributed by atoms with Crippen LogP contribution in [-0.2, 0) is 14.8 Å². The summed E-state index contributed by atoms with van der Waals surface area (Å²) < 4.78 is 37.5. The van der Waals surface area contributed by atoms with Crippen LogP contribution < -0.4 is 10.0 Å². The number of carbonyl (C=O) groups is 1. The average Bonchev–Trinajstić information content (AvgIpc) is 2.27. The SMILES string of the molecule is CCC(Nc1ccc(F)c(NS(C)(=O)=O)c1)C(=O)O. The summed E-state index contributed by atoms with van der Waals surface area (Å²) in [5, 5.41) is 11.6. The molecule has 0 radical (unpaired) electrons. The van der Waals surface area contributed by atoms with Gasteiger partial charge in [0, 0.05) is 5.69 Å². The van der Waals surface area contributed by atoms with Crippen molar-refractivity contribution < 1.29 is 22.7 Å². The number of carboxylic acids is 1. The largest absolute Gasteiger partial charge is 0.480 e. The Balaban J connectivity index is 2.99. The van der Waals surface area contributed by atoms with Crippen LogP contribution in [0.25, 0.3) is 0 Å². The molecule has 1 aromatic carbocycles. The fraction of sp³-hybridized carbons (Fsp3) is 0.364. The van der Waals surface area contributed by atoms with Gasteiger partial charge in [-0.15, -0.1) is 0 Å². The maximum atomic E-state index is 13.4. The lowest BCUT2D eigenvalue weighted by atomic mass is 10.2. The van der Waals surface area contributed by atoms with Crippen LogP contribution in [0.3, 0.4) is 0 Å². The lowest BCUT2D eigenvalue weighted by Gasteiger charge is -2.15. The molecule has 19 heavy (non-hydrogen) atoms. The van der Waals surface area contributed by atoms with Crippen LogP contribution in [0.15, 0.2) is 18.2 Å². The van der Waals surface area contributed by atoms with Gasteiger partial charge in [-0.3, -0.25) is 4.72 Å². The second-order valence-corrected chi connectivity index (χ2v) is 5.76. The Labute approximate surface area is 110 Å². The minimum Gasteiger partial charge on any atom is -0.480 e. The van der Waals surface area contributed by atoms with Crippen molar-refractivity contribution in [2.45, 2.75) is 19.4 Å². The smallest absolute Gasteiger partial charge is 0.326 e. The molecule has 8 heteroatoms. The summed E-state index contributed by atoms with van der Waals surface area (Å²) in [6, 6.07) is 2.79. The zero-order valence-electron chi connectivity index (χ0n) is 10.5. The van der Waals surface area contributed by atoms with Crippen molar-refractivity contribution in [3.8, 4) is 0 Å². The molecule has 106 valence electrons. The third-order valence-electron chi connectivity index (χ3n) is 2.31. The molecule has 0 aliphatic rings. The minimum atomic E-state index is -3.60. The molecule has 0 spiro atoms. The van der Waals surface area contributed by atoms with Crippen molar-refractivity contribution >= 4 is 27.4 Å². The summed E-state index contributed by atoms with van der Waals surface area (Å²) in [6.45, 7) is 1.69. The van der Waals surface area contributed by atoms with Gasteiger partial charge >= 0.3 is 5.97 Å². The van der Waals surface area contributed by atoms with Gasteiger partial charge in [0.15, 0.2) is 0 Å². The Morgan fingerprint density at radius 3 is 2.58 bits per heavy atom. The van der Waals surface area contributed by atoms with Crippen molar-refractivity contribution in [2.24, 2.45) is 0 Å². The van der Waals surface area contributed by atoms with Gasteiger partial charge in [0.25, 0.3) is 0 Å². The lowest BCUT2D eigenvalue weighted by Crippen LogP contribution is -2.28. The molecule has 1 atom stereocenters. The van der Waals surface area contributed by atoms with Gasteiger partial charge in [0.2, 0.25) is 10.0 Å². The van der Waals surface area contributed by atoms with E-state index >= 15 is 0 Å². The first-order chi connectivity index (χ1) is 8.73. The molecule has 6 nitrogen and oxygen atoms in total. The van der Waals surface area contributed by atoms with E-state index in [-0.39, 0.29) is 5.69 Å². The maximum Gasteiger partial charge on any atom is 0.326 e. The number of anilines is 2. The molecule has 0 bridgehead atoms. The van der Waals surface area contributed by atoms with E-state index in [0.717, 1.165) is 12.3 Å². The number of carboxylic acid groups (broad SMARTS) is 1. The van der Waals surface area contributed by atoms with Crippen molar-refractivity contribution in [3.05, 3.63) is 24.0 Å². The summed E-state index contributed by atoms with van der Waals surface area (Å²) in [6.07, 6.45) is 1.24. The molecule has 0 aliphatic carbocycles. The van der Waals surface area contributed by atoms with E-state index in [4.69, 9.17) is 5.11 Å². The van der Waals surface area contributed by atoms with Gasteiger partial charge in [-0.25, -0.2) is 17.6 Å². The molecule has 0 heterocycles. The normalized spacial score (nSPS) is 12.8. The van der Waals surface area contributed by atoms with Crippen LogP contribution >= 0.6 is 0 Å². The molecule has 0 fully saturated rings. The maximum absolute atomic E-state index is 13.4. The highest BCUT2D eigenvalue weighted by atomic mass is 32.2. The van der Waals surface area contributed by atoms with Crippen LogP contribution in [0.2, 0.25) is 0 Å². The number of rotatable bonds is 6. The quantitative estimate of drug-likeness (QED) is 0.737. The fourth-order valence-corrected chi connectivity index (χ4v) is 1.99. The summed E-state index contributed by atoms with van der Waals surface area (Å²) >= 11 is 0. The molecule has 1 aromatic rings. The molecule has 0 saturated heterocycles. The zero-order valence-corrected chi connectivity index (χ0v) is 11.3. The molecule has 0 aromatic heterocycles. The summed E-state index contributed by atoms with van der Waals surface area (Å²) in [4.78, 5) is 10.9. The van der Waals surface area contributed by atoms with Crippen molar-refractivity contribution in [3.63, 3.8) is 0 Å². The lowest BCUT2D eigenvalue weighted by molar-refractivity contribution is -0.137. The third kappa shape index (κ3) is 4.74. The van der Waals surface area contributed by atoms with Crippen LogP contribution in [0, 0.1) is 5.82 Å². The first-order valence-electron chi connectivity index (χ1n) is 5.49. The first-order valence-corrected chi connectivity index (χ1v) is 7.38. The van der Waals surface area contributed by atoms with Gasteiger partial charge in [0.1, 0.15) is 11.9 Å². The molecule has 1 rings (SSSR count). The number of halogens is 1. The van der Waals surface area contributed by atoms with Gasteiger partial charge in [-0.2, -0.15) is 0 Å². The Kier molecular flexibility index (Phi) is 4.71. The number of benzene rings is 1. The van der Waals surface area contributed by atoms with Crippen LogP contribution in [-0.4, -0.2) is 31.8 Å². The van der Waals surface area contributed by atoms with Crippen molar-refractivity contribution in [1.82, 2.24) is 0 Å². The van der Waals surface area contributed by atoms with Gasteiger partial charge in [-0.1, -0.05) is 6.92 Å². The number of hydrogen-bond donors (Lipinski definition) is 3. The highest BCUT2D eigenvalue weighted by Crippen LogP contribution is 2.21. The molecule has 0 aliphatic heterocycles. The third-order valence-corrected chi connectivity index (χ3v) is 2.90. The summed E-state index contributed by atoms with van der Waals surface area (Å²) in [5.74, 6) is -1.77. The van der Waals surface area contributed by atoms with E-state index in [2.05, 4.69) is 5.32 Å². The number of sulfonamides is 1. The predicted octanol–water partition coefficient (Wildman–Crippen LogP) is 1.47. The predicted molar refractivity (Wildman–Crippen MR) is 70.2 cm³/mol. The second-order valence-electron chi connectivity index (χ2n) is 4.01.